The molecule has 27 heavy (non-hydrogen) atoms. The molecule has 2 aliphatic rings. The van der Waals surface area contributed by atoms with E-state index in [0.717, 1.165) is 12.8 Å². The molecule has 0 bridgehead atoms. The molecule has 1 N–H and O–H groups in total. The minimum absolute atomic E-state index is 0.0722. The third-order valence-electron chi connectivity index (χ3n) is 4.59. The van der Waals surface area contributed by atoms with Crippen LogP contribution >= 0.6 is 0 Å². The number of hydrogen-bond donors (Lipinski definition) is 1. The highest BCUT2D eigenvalue weighted by Gasteiger charge is 2.30. The summed E-state index contributed by atoms with van der Waals surface area (Å²) in [7, 11) is -3.77. The molecule has 1 saturated carbocycles. The van der Waals surface area contributed by atoms with Crippen molar-refractivity contribution in [2.75, 3.05) is 22.8 Å². The predicted molar refractivity (Wildman–Crippen MR) is 99.4 cm³/mol. The van der Waals surface area contributed by atoms with E-state index in [4.69, 9.17) is 4.74 Å². The Bertz CT molecular complexity index is 980. The third kappa shape index (κ3) is 3.66. The highest BCUT2D eigenvalue weighted by molar-refractivity contribution is 7.92. The summed E-state index contributed by atoms with van der Waals surface area (Å²) in [5, 5.41) is 0. The highest BCUT2D eigenvalue weighted by Crippen LogP contribution is 2.32. The Labute approximate surface area is 157 Å². The minimum atomic E-state index is -3.77. The number of ether oxygens (including phenoxy) is 1. The molecule has 1 aliphatic heterocycles. The smallest absolute Gasteiger partial charge is 0.414 e. The number of anilines is 2. The fraction of sp³-hybridized carbons (Fsp3) is 0.263. The first-order valence-corrected chi connectivity index (χ1v) is 10.1. The van der Waals surface area contributed by atoms with Crippen molar-refractivity contribution in [2.45, 2.75) is 17.7 Å². The molecule has 1 amide bonds. The summed E-state index contributed by atoms with van der Waals surface area (Å²) >= 11 is 0. The molecular weight excluding hydrogens is 368 g/mol. The summed E-state index contributed by atoms with van der Waals surface area (Å²) in [6.45, 7) is 0.808. The number of amides is 1. The molecular formula is C19H18N2O5S. The largest absolute Gasteiger partial charge is 0.447 e. The van der Waals surface area contributed by atoms with Crippen LogP contribution in [0.2, 0.25) is 0 Å². The van der Waals surface area contributed by atoms with E-state index < -0.39 is 16.1 Å². The summed E-state index contributed by atoms with van der Waals surface area (Å²) in [5.74, 6) is 0.167. The van der Waals surface area contributed by atoms with E-state index in [1.807, 2.05) is 0 Å². The lowest BCUT2D eigenvalue weighted by atomic mass is 10.1. The zero-order valence-corrected chi connectivity index (χ0v) is 15.2. The summed E-state index contributed by atoms with van der Waals surface area (Å²) in [4.78, 5) is 25.1. The van der Waals surface area contributed by atoms with Gasteiger partial charge in [0.1, 0.15) is 6.61 Å². The number of Topliss-reactive ketones (excluding diaryl/α,β-unsaturated/α-hetero) is 1. The van der Waals surface area contributed by atoms with Gasteiger partial charge < -0.3 is 4.74 Å². The molecule has 1 heterocycles. The summed E-state index contributed by atoms with van der Waals surface area (Å²) in [6.07, 6.45) is 1.40. The van der Waals surface area contributed by atoms with Gasteiger partial charge in [0.25, 0.3) is 10.0 Å². The second kappa shape index (κ2) is 6.70. The van der Waals surface area contributed by atoms with Crippen molar-refractivity contribution in [2.24, 2.45) is 5.92 Å². The van der Waals surface area contributed by atoms with Crippen LogP contribution in [0.15, 0.2) is 53.4 Å². The maximum atomic E-state index is 12.5. The van der Waals surface area contributed by atoms with Gasteiger partial charge in [-0.2, -0.15) is 0 Å². The Morgan fingerprint density at radius 2 is 1.70 bits per heavy atom. The van der Waals surface area contributed by atoms with Crippen molar-refractivity contribution in [1.82, 2.24) is 0 Å². The van der Waals surface area contributed by atoms with E-state index in [-0.39, 0.29) is 16.6 Å². The number of cyclic esters (lactones) is 1. The van der Waals surface area contributed by atoms with Crippen molar-refractivity contribution in [3.63, 3.8) is 0 Å². The number of carbonyl (C=O) groups is 2. The van der Waals surface area contributed by atoms with Crippen LogP contribution in [-0.4, -0.2) is 33.4 Å². The van der Waals surface area contributed by atoms with Crippen molar-refractivity contribution >= 4 is 33.3 Å². The first-order chi connectivity index (χ1) is 12.9. The van der Waals surface area contributed by atoms with Gasteiger partial charge in [-0.15, -0.1) is 0 Å². The number of sulfonamides is 1. The van der Waals surface area contributed by atoms with Gasteiger partial charge in [-0.05, 0) is 49.2 Å². The second-order valence-electron chi connectivity index (χ2n) is 6.58. The van der Waals surface area contributed by atoms with E-state index in [1.165, 1.54) is 17.0 Å². The topological polar surface area (TPSA) is 92.8 Å². The van der Waals surface area contributed by atoms with Crippen LogP contribution in [0, 0.1) is 5.92 Å². The molecule has 1 aliphatic carbocycles. The van der Waals surface area contributed by atoms with Crippen molar-refractivity contribution in [1.29, 1.82) is 0 Å². The molecule has 2 fully saturated rings. The van der Waals surface area contributed by atoms with Gasteiger partial charge in [-0.25, -0.2) is 13.2 Å². The van der Waals surface area contributed by atoms with Gasteiger partial charge in [0.05, 0.1) is 11.4 Å². The van der Waals surface area contributed by atoms with Gasteiger partial charge in [0.2, 0.25) is 0 Å². The molecule has 4 rings (SSSR count). The Balaban J connectivity index is 1.47. The number of ketones is 1. The van der Waals surface area contributed by atoms with Gasteiger partial charge in [0, 0.05) is 22.9 Å². The summed E-state index contributed by atoms with van der Waals surface area (Å²) < 4.78 is 32.5. The molecule has 8 heteroatoms. The van der Waals surface area contributed by atoms with Gasteiger partial charge in [0.15, 0.2) is 5.78 Å². The zero-order chi connectivity index (χ0) is 19.0. The molecule has 0 radical (unpaired) electrons. The lowest BCUT2D eigenvalue weighted by Gasteiger charge is -2.14. The molecule has 0 spiro atoms. The average Bonchev–Trinajstić information content (AvgIpc) is 3.43. The fourth-order valence-corrected chi connectivity index (χ4v) is 3.99. The number of rotatable bonds is 6. The molecule has 140 valence electrons. The Kier molecular flexibility index (Phi) is 4.35. The van der Waals surface area contributed by atoms with Crippen LogP contribution in [-0.2, 0) is 14.8 Å². The number of carbonyl (C=O) groups excluding carboxylic acids is 2. The molecule has 0 atom stereocenters. The molecule has 7 nitrogen and oxygen atoms in total. The Morgan fingerprint density at radius 3 is 2.26 bits per heavy atom. The van der Waals surface area contributed by atoms with E-state index >= 15 is 0 Å². The normalized spacial score (nSPS) is 16.9. The number of nitrogens with one attached hydrogen (secondary N) is 1. The Morgan fingerprint density at radius 1 is 1.04 bits per heavy atom. The number of hydrogen-bond acceptors (Lipinski definition) is 5. The first kappa shape index (κ1) is 17.5. The highest BCUT2D eigenvalue weighted by atomic mass is 32.2. The maximum absolute atomic E-state index is 12.5. The van der Waals surface area contributed by atoms with Crippen LogP contribution in [0.5, 0.6) is 0 Å². The number of nitrogens with zero attached hydrogens (tertiary/aromatic N) is 1. The van der Waals surface area contributed by atoms with E-state index in [1.54, 1.807) is 36.4 Å². The number of benzene rings is 2. The van der Waals surface area contributed by atoms with Crippen LogP contribution < -0.4 is 9.62 Å². The van der Waals surface area contributed by atoms with Crippen LogP contribution in [0.4, 0.5) is 16.2 Å². The van der Waals surface area contributed by atoms with Crippen LogP contribution in [0.25, 0.3) is 0 Å². The molecule has 0 aromatic heterocycles. The van der Waals surface area contributed by atoms with Gasteiger partial charge in [-0.1, -0.05) is 12.1 Å². The molecule has 2 aromatic rings. The molecule has 0 unspecified atom stereocenters. The average molecular weight is 386 g/mol. The summed E-state index contributed by atoms with van der Waals surface area (Å²) in [5.41, 5.74) is 1.56. The maximum Gasteiger partial charge on any atom is 0.414 e. The van der Waals surface area contributed by atoms with Crippen LogP contribution in [0.3, 0.4) is 0 Å². The predicted octanol–water partition coefficient (Wildman–Crippen LogP) is 3.04. The quantitative estimate of drug-likeness (QED) is 0.771. The standard InChI is InChI=1S/C19H18N2O5S/c22-18(13-1-2-13)14-3-9-17(10-4-14)27(24,25)20-15-5-7-16(8-6-15)21-11-12-26-19(21)23/h3-10,13,20H,1-2,11-12H2. The lowest BCUT2D eigenvalue weighted by molar-refractivity contribution is 0.0967. The third-order valence-corrected chi connectivity index (χ3v) is 5.99. The monoisotopic (exact) mass is 386 g/mol. The fourth-order valence-electron chi connectivity index (χ4n) is 2.93. The SMILES string of the molecule is O=C(c1ccc(S(=O)(=O)Nc2ccc(N3CCOC3=O)cc2)cc1)C1CC1. The minimum Gasteiger partial charge on any atom is -0.447 e. The molecule has 1 saturated heterocycles. The van der Waals surface area contributed by atoms with E-state index in [0.29, 0.717) is 30.1 Å². The Hall–Kier alpha value is -2.87. The van der Waals surface area contributed by atoms with Gasteiger partial charge >= 0.3 is 6.09 Å². The van der Waals surface area contributed by atoms with E-state index in [2.05, 4.69) is 4.72 Å². The van der Waals surface area contributed by atoms with Crippen molar-refractivity contribution < 1.29 is 22.7 Å². The summed E-state index contributed by atoms with van der Waals surface area (Å²) in [6, 6.07) is 12.5. The molecule has 2 aromatic carbocycles. The van der Waals surface area contributed by atoms with Gasteiger partial charge in [-0.3, -0.25) is 14.4 Å². The first-order valence-electron chi connectivity index (χ1n) is 8.65. The van der Waals surface area contributed by atoms with Crippen molar-refractivity contribution in [3.05, 3.63) is 54.1 Å². The second-order valence-corrected chi connectivity index (χ2v) is 8.26. The lowest BCUT2D eigenvalue weighted by Crippen LogP contribution is -2.23. The van der Waals surface area contributed by atoms with E-state index in [9.17, 15) is 18.0 Å². The van der Waals surface area contributed by atoms with Crippen LogP contribution in [0.1, 0.15) is 23.2 Å². The van der Waals surface area contributed by atoms with Crippen molar-refractivity contribution in [3.8, 4) is 0 Å². The zero-order valence-electron chi connectivity index (χ0n) is 14.4.